The molecule has 7 heteroatoms. The van der Waals surface area contributed by atoms with Gasteiger partial charge in [0.25, 0.3) is 0 Å². The van der Waals surface area contributed by atoms with Crippen molar-refractivity contribution in [2.75, 3.05) is 40.2 Å². The molecule has 122 valence electrons. The number of esters is 1. The molecule has 0 heterocycles. The summed E-state index contributed by atoms with van der Waals surface area (Å²) < 4.78 is 15.1. The molecule has 1 rings (SSSR count). The Morgan fingerprint density at radius 3 is 2.41 bits per heavy atom. The lowest BCUT2D eigenvalue weighted by molar-refractivity contribution is -0.116. The van der Waals surface area contributed by atoms with Crippen molar-refractivity contribution in [2.45, 2.75) is 12.8 Å². The fraction of sp³-hybridized carbons (Fsp3) is 0.467. The van der Waals surface area contributed by atoms with Crippen LogP contribution in [-0.4, -0.2) is 46.8 Å². The van der Waals surface area contributed by atoms with Gasteiger partial charge in [0.15, 0.2) is 11.5 Å². The number of anilines is 1. The summed E-state index contributed by atoms with van der Waals surface area (Å²) in [6.07, 6.45) is 1.06. The van der Waals surface area contributed by atoms with Crippen LogP contribution in [0.4, 0.5) is 5.69 Å². The fourth-order valence-electron chi connectivity index (χ4n) is 1.93. The highest BCUT2D eigenvalue weighted by Crippen LogP contribution is 2.36. The van der Waals surface area contributed by atoms with E-state index in [1.54, 1.807) is 0 Å². The molecule has 0 radical (unpaired) electrons. The van der Waals surface area contributed by atoms with Gasteiger partial charge in [-0.15, -0.1) is 0 Å². The van der Waals surface area contributed by atoms with Crippen molar-refractivity contribution in [3.8, 4) is 11.5 Å². The number of methoxy groups -OCH3 is 3. The molecular weight excluding hydrogens is 288 g/mol. The highest BCUT2D eigenvalue weighted by atomic mass is 16.5. The van der Waals surface area contributed by atoms with E-state index in [9.17, 15) is 9.59 Å². The lowest BCUT2D eigenvalue weighted by Crippen LogP contribution is -2.16. The zero-order valence-corrected chi connectivity index (χ0v) is 13.3. The van der Waals surface area contributed by atoms with E-state index in [4.69, 9.17) is 14.2 Å². The maximum Gasteiger partial charge on any atom is 0.338 e. The summed E-state index contributed by atoms with van der Waals surface area (Å²) >= 11 is 0. The lowest BCUT2D eigenvalue weighted by atomic mass is 10.1. The topological polar surface area (TPSA) is 85.9 Å². The van der Waals surface area contributed by atoms with Gasteiger partial charge >= 0.3 is 5.97 Å². The zero-order chi connectivity index (χ0) is 16.5. The van der Waals surface area contributed by atoms with Crippen LogP contribution in [0.25, 0.3) is 0 Å². The quantitative estimate of drug-likeness (QED) is 0.558. The summed E-state index contributed by atoms with van der Waals surface area (Å²) in [4.78, 5) is 23.6. The minimum absolute atomic E-state index is 0.169. The molecule has 0 aliphatic heterocycles. The van der Waals surface area contributed by atoms with Crippen LogP contribution in [-0.2, 0) is 9.53 Å². The minimum atomic E-state index is -0.522. The normalized spacial score (nSPS) is 10.0. The molecule has 1 aromatic carbocycles. The first-order valence-electron chi connectivity index (χ1n) is 6.86. The van der Waals surface area contributed by atoms with Crippen LogP contribution in [0, 0.1) is 0 Å². The minimum Gasteiger partial charge on any atom is -0.493 e. The number of carbonyl (C=O) groups excluding carboxylic acids is 2. The van der Waals surface area contributed by atoms with E-state index in [-0.39, 0.29) is 11.5 Å². The Balaban J connectivity index is 3.04. The first kappa shape index (κ1) is 17.8. The van der Waals surface area contributed by atoms with Crippen LogP contribution in [0.1, 0.15) is 23.2 Å². The zero-order valence-electron chi connectivity index (χ0n) is 13.3. The molecule has 1 aromatic rings. The Labute approximate surface area is 129 Å². The van der Waals surface area contributed by atoms with E-state index < -0.39 is 5.97 Å². The van der Waals surface area contributed by atoms with Gasteiger partial charge in [-0.25, -0.2) is 4.79 Å². The van der Waals surface area contributed by atoms with Gasteiger partial charge in [0, 0.05) is 6.42 Å². The van der Waals surface area contributed by atoms with Gasteiger partial charge in [0.05, 0.1) is 32.6 Å². The van der Waals surface area contributed by atoms with Crippen LogP contribution in [0.3, 0.4) is 0 Å². The predicted molar refractivity (Wildman–Crippen MR) is 82.7 cm³/mol. The Morgan fingerprint density at radius 2 is 1.86 bits per heavy atom. The van der Waals surface area contributed by atoms with Gasteiger partial charge in [-0.3, -0.25) is 4.79 Å². The SMILES string of the molecule is CNCCCC(=O)Nc1cc(C(=O)OC)cc(OC)c1OC. The Bertz CT molecular complexity index is 531. The third-order valence-electron chi connectivity index (χ3n) is 3.00. The monoisotopic (exact) mass is 310 g/mol. The second-order valence-corrected chi connectivity index (χ2v) is 4.51. The summed E-state index contributed by atoms with van der Waals surface area (Å²) in [5.41, 5.74) is 0.641. The molecule has 2 N–H and O–H groups in total. The predicted octanol–water partition coefficient (Wildman–Crippen LogP) is 1.43. The number of carbonyl (C=O) groups is 2. The standard InChI is InChI=1S/C15H22N2O5/c1-16-7-5-6-13(18)17-11-8-10(15(19)22-4)9-12(20-2)14(11)21-3/h8-9,16H,5-7H2,1-4H3,(H,17,18). The number of benzene rings is 1. The Hall–Kier alpha value is -2.28. The largest absolute Gasteiger partial charge is 0.493 e. The summed E-state index contributed by atoms with van der Waals surface area (Å²) in [5, 5.41) is 5.71. The van der Waals surface area contributed by atoms with E-state index in [0.717, 1.165) is 6.54 Å². The molecule has 7 nitrogen and oxygen atoms in total. The number of nitrogens with one attached hydrogen (secondary N) is 2. The molecule has 22 heavy (non-hydrogen) atoms. The maximum atomic E-state index is 12.0. The first-order chi connectivity index (χ1) is 10.6. The van der Waals surface area contributed by atoms with Crippen LogP contribution in [0.5, 0.6) is 11.5 Å². The van der Waals surface area contributed by atoms with Crippen molar-refractivity contribution in [3.05, 3.63) is 17.7 Å². The average Bonchev–Trinajstić information content (AvgIpc) is 2.53. The maximum absolute atomic E-state index is 12.0. The summed E-state index contributed by atoms with van der Waals surface area (Å²) in [6.45, 7) is 0.746. The van der Waals surface area contributed by atoms with Crippen molar-refractivity contribution in [1.29, 1.82) is 0 Å². The number of rotatable bonds is 8. The molecular formula is C15H22N2O5. The average molecular weight is 310 g/mol. The summed E-state index contributed by atoms with van der Waals surface area (Å²) in [5.74, 6) is 0.0114. The molecule has 0 bridgehead atoms. The second kappa shape index (κ2) is 8.89. The molecule has 0 aromatic heterocycles. The first-order valence-corrected chi connectivity index (χ1v) is 6.86. The van der Waals surface area contributed by atoms with Crippen LogP contribution < -0.4 is 20.1 Å². The summed E-state index contributed by atoms with van der Waals surface area (Å²) in [6, 6.07) is 3.00. The van der Waals surface area contributed by atoms with E-state index in [2.05, 4.69) is 10.6 Å². The van der Waals surface area contributed by atoms with Gasteiger partial charge in [-0.05, 0) is 32.1 Å². The summed E-state index contributed by atoms with van der Waals surface area (Å²) in [7, 11) is 6.03. The van der Waals surface area contributed by atoms with Crippen LogP contribution >= 0.6 is 0 Å². The highest BCUT2D eigenvalue weighted by molar-refractivity contribution is 5.97. The molecule has 0 aliphatic carbocycles. The lowest BCUT2D eigenvalue weighted by Gasteiger charge is -2.15. The van der Waals surface area contributed by atoms with Gasteiger partial charge in [0.2, 0.25) is 5.91 Å². The number of ether oxygens (including phenoxy) is 3. The Kier molecular flexibility index (Phi) is 7.18. The highest BCUT2D eigenvalue weighted by Gasteiger charge is 2.18. The smallest absolute Gasteiger partial charge is 0.338 e. The van der Waals surface area contributed by atoms with Gasteiger partial charge in [0.1, 0.15) is 0 Å². The van der Waals surface area contributed by atoms with Gasteiger partial charge in [-0.2, -0.15) is 0 Å². The van der Waals surface area contributed by atoms with E-state index in [1.807, 2.05) is 7.05 Å². The number of hydrogen-bond acceptors (Lipinski definition) is 6. The van der Waals surface area contributed by atoms with E-state index in [0.29, 0.717) is 30.0 Å². The van der Waals surface area contributed by atoms with Crippen molar-refractivity contribution >= 4 is 17.6 Å². The molecule has 0 spiro atoms. The number of hydrogen-bond donors (Lipinski definition) is 2. The van der Waals surface area contributed by atoms with E-state index >= 15 is 0 Å². The van der Waals surface area contributed by atoms with Crippen molar-refractivity contribution in [1.82, 2.24) is 5.32 Å². The van der Waals surface area contributed by atoms with Gasteiger partial charge < -0.3 is 24.8 Å². The van der Waals surface area contributed by atoms with Crippen LogP contribution in [0.15, 0.2) is 12.1 Å². The molecule has 0 saturated carbocycles. The molecule has 0 unspecified atom stereocenters. The molecule has 0 fully saturated rings. The third-order valence-corrected chi connectivity index (χ3v) is 3.00. The second-order valence-electron chi connectivity index (χ2n) is 4.51. The number of amides is 1. The van der Waals surface area contributed by atoms with Crippen LogP contribution in [0.2, 0.25) is 0 Å². The van der Waals surface area contributed by atoms with Crippen molar-refractivity contribution in [3.63, 3.8) is 0 Å². The molecule has 0 saturated heterocycles. The molecule has 0 atom stereocenters. The van der Waals surface area contributed by atoms with Crippen molar-refractivity contribution < 1.29 is 23.8 Å². The van der Waals surface area contributed by atoms with Gasteiger partial charge in [-0.1, -0.05) is 0 Å². The third kappa shape index (κ3) is 4.63. The van der Waals surface area contributed by atoms with E-state index in [1.165, 1.54) is 33.5 Å². The molecule has 1 amide bonds. The fourth-order valence-corrected chi connectivity index (χ4v) is 1.93. The molecule has 0 aliphatic rings. The Morgan fingerprint density at radius 1 is 1.14 bits per heavy atom. The van der Waals surface area contributed by atoms with Crippen molar-refractivity contribution in [2.24, 2.45) is 0 Å².